The van der Waals surface area contributed by atoms with Crippen molar-refractivity contribution < 1.29 is 58.2 Å². The largest absolute Gasteiger partial charge is 0.458 e. The number of hydrogen-bond donors (Lipinski definition) is 2. The van der Waals surface area contributed by atoms with Gasteiger partial charge in [-0.1, -0.05) is 60.7 Å². The number of ether oxygens (including phenoxy) is 1. The standard InChI is InChI=1S/C21H16F10N2O3/c22-17(23,15(34)32-11-13-7-3-1-4-8-13)19(25,26)21(30,31)36-18(24,20(27,28)29)16(35)33-12-14-9-5-2-6-10-14/h1-10H,11-12H2,(H,32,34)(H,33,35)/t18-/m0/s1. The van der Waals surface area contributed by atoms with Gasteiger partial charge in [-0.05, 0) is 11.1 Å². The molecule has 0 unspecified atom stereocenters. The van der Waals surface area contributed by atoms with Crippen molar-refractivity contribution in [3.63, 3.8) is 0 Å². The van der Waals surface area contributed by atoms with E-state index in [2.05, 4.69) is 4.74 Å². The van der Waals surface area contributed by atoms with Crippen LogP contribution in [0, 0.1) is 0 Å². The number of carbonyl (C=O) groups excluding carboxylic acids is 2. The first kappa shape index (κ1) is 28.9. The second kappa shape index (κ2) is 10.3. The Morgan fingerprint density at radius 1 is 0.639 bits per heavy atom. The van der Waals surface area contributed by atoms with Crippen molar-refractivity contribution in [3.05, 3.63) is 71.8 Å². The summed E-state index contributed by atoms with van der Waals surface area (Å²) < 4.78 is 141. The molecular formula is C21H16F10N2O3. The number of halogens is 10. The van der Waals surface area contributed by atoms with E-state index in [1.807, 2.05) is 0 Å². The van der Waals surface area contributed by atoms with Crippen LogP contribution in [0.3, 0.4) is 0 Å². The summed E-state index contributed by atoms with van der Waals surface area (Å²) in [5.41, 5.74) is 0.108. The van der Waals surface area contributed by atoms with Crippen LogP contribution < -0.4 is 10.6 Å². The molecule has 0 heterocycles. The maximum atomic E-state index is 14.5. The lowest BCUT2D eigenvalue weighted by Crippen LogP contribution is -2.66. The van der Waals surface area contributed by atoms with Crippen LogP contribution in [0.5, 0.6) is 0 Å². The maximum absolute atomic E-state index is 14.5. The van der Waals surface area contributed by atoms with Crippen molar-refractivity contribution in [1.82, 2.24) is 10.6 Å². The lowest BCUT2D eigenvalue weighted by atomic mass is 10.1. The number of alkyl halides is 10. The van der Waals surface area contributed by atoms with Gasteiger partial charge in [0, 0.05) is 13.1 Å². The van der Waals surface area contributed by atoms with Gasteiger partial charge in [-0.3, -0.25) is 14.3 Å². The van der Waals surface area contributed by atoms with E-state index in [0.717, 1.165) is 0 Å². The Labute approximate surface area is 196 Å². The van der Waals surface area contributed by atoms with E-state index in [4.69, 9.17) is 0 Å². The molecule has 1 atom stereocenters. The number of rotatable bonds is 10. The zero-order valence-electron chi connectivity index (χ0n) is 17.7. The van der Waals surface area contributed by atoms with Gasteiger partial charge in [0.15, 0.2) is 0 Å². The highest BCUT2D eigenvalue weighted by Crippen LogP contribution is 2.50. The molecular weight excluding hydrogens is 518 g/mol. The highest BCUT2D eigenvalue weighted by molar-refractivity contribution is 5.85. The average Bonchev–Trinajstić information content (AvgIpc) is 2.80. The third-order valence-corrected chi connectivity index (χ3v) is 4.56. The molecule has 0 bridgehead atoms. The molecule has 2 rings (SSSR count). The minimum Gasteiger partial charge on any atom is -0.347 e. The molecule has 36 heavy (non-hydrogen) atoms. The van der Waals surface area contributed by atoms with Crippen LogP contribution in [-0.4, -0.2) is 41.8 Å². The summed E-state index contributed by atoms with van der Waals surface area (Å²) in [6.07, 6.45) is -13.7. The molecule has 0 aliphatic heterocycles. The first-order valence-electron chi connectivity index (χ1n) is 9.69. The molecule has 2 N–H and O–H groups in total. The van der Waals surface area contributed by atoms with Gasteiger partial charge < -0.3 is 10.6 Å². The van der Waals surface area contributed by atoms with Gasteiger partial charge >= 0.3 is 30.0 Å². The predicted octanol–water partition coefficient (Wildman–Crippen LogP) is 4.73. The molecule has 15 heteroatoms. The molecule has 5 nitrogen and oxygen atoms in total. The van der Waals surface area contributed by atoms with E-state index < -0.39 is 54.9 Å². The minimum atomic E-state index is -7.04. The van der Waals surface area contributed by atoms with E-state index in [-0.39, 0.29) is 11.1 Å². The number of hydrogen-bond acceptors (Lipinski definition) is 3. The number of benzene rings is 2. The van der Waals surface area contributed by atoms with Crippen molar-refractivity contribution in [2.75, 3.05) is 0 Å². The third kappa shape index (κ3) is 5.88. The molecule has 2 aromatic carbocycles. The summed E-state index contributed by atoms with van der Waals surface area (Å²) in [5.74, 6) is -25.7. The second-order valence-electron chi connectivity index (χ2n) is 7.20. The smallest absolute Gasteiger partial charge is 0.347 e. The summed E-state index contributed by atoms with van der Waals surface area (Å²) in [6.45, 7) is -1.75. The molecule has 0 aliphatic rings. The summed E-state index contributed by atoms with van der Waals surface area (Å²) in [4.78, 5) is 23.3. The Morgan fingerprint density at radius 3 is 1.42 bits per heavy atom. The fourth-order valence-electron chi connectivity index (χ4n) is 2.58. The van der Waals surface area contributed by atoms with Gasteiger partial charge in [0.2, 0.25) is 0 Å². The van der Waals surface area contributed by atoms with Gasteiger partial charge in [-0.15, -0.1) is 0 Å². The zero-order valence-corrected chi connectivity index (χ0v) is 17.7. The molecule has 0 saturated heterocycles. The second-order valence-corrected chi connectivity index (χ2v) is 7.20. The van der Waals surface area contributed by atoms with Crippen LogP contribution in [0.4, 0.5) is 43.9 Å². The summed E-state index contributed by atoms with van der Waals surface area (Å²) >= 11 is 0. The molecule has 2 amide bonds. The van der Waals surface area contributed by atoms with E-state index in [0.29, 0.717) is 0 Å². The Balaban J connectivity index is 2.26. The maximum Gasteiger partial charge on any atom is 0.458 e. The molecule has 198 valence electrons. The SMILES string of the molecule is O=C(NCc1ccccc1)C(F)(F)C(F)(F)C(F)(F)O[C@@](F)(C(=O)NCc1ccccc1)C(F)(F)F. The highest BCUT2D eigenvalue weighted by Gasteiger charge is 2.80. The average molecular weight is 534 g/mol. The van der Waals surface area contributed by atoms with Crippen molar-refractivity contribution in [3.8, 4) is 0 Å². The summed E-state index contributed by atoms with van der Waals surface area (Å²) in [5, 5.41) is 2.43. The van der Waals surface area contributed by atoms with Gasteiger partial charge in [0.25, 0.3) is 11.8 Å². The van der Waals surface area contributed by atoms with Crippen LogP contribution in [-0.2, 0) is 27.4 Å². The lowest BCUT2D eigenvalue weighted by Gasteiger charge is -2.35. The van der Waals surface area contributed by atoms with Crippen LogP contribution in [0.25, 0.3) is 0 Å². The van der Waals surface area contributed by atoms with E-state index >= 15 is 0 Å². The van der Waals surface area contributed by atoms with Gasteiger partial charge in [-0.2, -0.15) is 43.9 Å². The van der Waals surface area contributed by atoms with Gasteiger partial charge in [-0.25, -0.2) is 0 Å². The van der Waals surface area contributed by atoms with E-state index in [1.165, 1.54) is 71.3 Å². The summed E-state index contributed by atoms with van der Waals surface area (Å²) in [7, 11) is 0. The van der Waals surface area contributed by atoms with Crippen LogP contribution in [0.2, 0.25) is 0 Å². The first-order valence-corrected chi connectivity index (χ1v) is 9.69. The Kier molecular flexibility index (Phi) is 8.28. The number of nitrogens with one attached hydrogen (secondary N) is 2. The van der Waals surface area contributed by atoms with E-state index in [1.54, 1.807) is 0 Å². The quantitative estimate of drug-likeness (QED) is 0.434. The van der Waals surface area contributed by atoms with Gasteiger partial charge in [0.05, 0.1) is 0 Å². The summed E-state index contributed by atoms with van der Waals surface area (Å²) in [6, 6.07) is 13.2. The van der Waals surface area contributed by atoms with Crippen molar-refractivity contribution in [1.29, 1.82) is 0 Å². The molecule has 0 radical (unpaired) electrons. The lowest BCUT2D eigenvalue weighted by molar-refractivity contribution is -0.455. The number of carbonyl (C=O) groups is 2. The highest BCUT2D eigenvalue weighted by atomic mass is 19.4. The Bertz CT molecular complexity index is 1050. The molecule has 2 aromatic rings. The normalized spacial score (nSPS) is 14.6. The third-order valence-electron chi connectivity index (χ3n) is 4.56. The molecule has 0 saturated carbocycles. The topological polar surface area (TPSA) is 67.4 Å². The predicted molar refractivity (Wildman–Crippen MR) is 102 cm³/mol. The number of amides is 2. The molecule has 0 aromatic heterocycles. The Morgan fingerprint density at radius 2 is 1.03 bits per heavy atom. The first-order chi connectivity index (χ1) is 16.5. The minimum absolute atomic E-state index is 0.0362. The fraction of sp³-hybridized carbons (Fsp3) is 0.333. The zero-order chi connectivity index (χ0) is 27.4. The van der Waals surface area contributed by atoms with Crippen LogP contribution in [0.1, 0.15) is 11.1 Å². The van der Waals surface area contributed by atoms with Crippen molar-refractivity contribution in [2.24, 2.45) is 0 Å². The Hall–Kier alpha value is -3.36. The van der Waals surface area contributed by atoms with E-state index in [9.17, 15) is 53.5 Å². The van der Waals surface area contributed by atoms with Gasteiger partial charge in [0.1, 0.15) is 0 Å². The fourth-order valence-corrected chi connectivity index (χ4v) is 2.58. The van der Waals surface area contributed by atoms with Crippen molar-refractivity contribution >= 4 is 11.8 Å². The monoisotopic (exact) mass is 534 g/mol. The molecule has 0 aliphatic carbocycles. The molecule has 0 fully saturated rings. The van der Waals surface area contributed by atoms with Crippen molar-refractivity contribution in [2.45, 2.75) is 43.1 Å². The molecule has 0 spiro atoms. The van der Waals surface area contributed by atoms with Crippen LogP contribution >= 0.6 is 0 Å². The van der Waals surface area contributed by atoms with Crippen LogP contribution in [0.15, 0.2) is 60.7 Å².